The highest BCUT2D eigenvalue weighted by Crippen LogP contribution is 2.19. The van der Waals surface area contributed by atoms with Gasteiger partial charge in [0.1, 0.15) is 0 Å². The molecule has 4 N–H and O–H groups in total. The van der Waals surface area contributed by atoms with E-state index in [1.165, 1.54) is 0 Å². The molecule has 1 aromatic heterocycles. The molecule has 100 valence electrons. The van der Waals surface area contributed by atoms with Crippen LogP contribution in [0.15, 0.2) is 34.8 Å². The van der Waals surface area contributed by atoms with Crippen molar-refractivity contribution in [3.8, 4) is 0 Å². The summed E-state index contributed by atoms with van der Waals surface area (Å²) in [5.74, 6) is 3.21. The highest BCUT2D eigenvalue weighted by Gasteiger charge is 2.10. The SMILES string of the molecule is NNc1nc(NCc2cccc(Br)c2)c(F)cc1F. The van der Waals surface area contributed by atoms with E-state index in [2.05, 4.69) is 31.7 Å². The highest BCUT2D eigenvalue weighted by atomic mass is 79.9. The fourth-order valence-electron chi connectivity index (χ4n) is 1.52. The number of hydrazine groups is 1. The molecule has 0 fully saturated rings. The average molecular weight is 329 g/mol. The number of aromatic nitrogens is 1. The molecular weight excluding hydrogens is 318 g/mol. The van der Waals surface area contributed by atoms with E-state index in [9.17, 15) is 8.78 Å². The Morgan fingerprint density at radius 1 is 1.16 bits per heavy atom. The van der Waals surface area contributed by atoms with Gasteiger partial charge >= 0.3 is 0 Å². The molecule has 0 aliphatic rings. The molecule has 0 saturated heterocycles. The van der Waals surface area contributed by atoms with Crippen LogP contribution < -0.4 is 16.6 Å². The lowest BCUT2D eigenvalue weighted by Crippen LogP contribution is -2.13. The van der Waals surface area contributed by atoms with Crippen LogP contribution in [0.1, 0.15) is 5.56 Å². The number of hydrogen-bond acceptors (Lipinski definition) is 4. The summed E-state index contributed by atoms with van der Waals surface area (Å²) >= 11 is 3.34. The van der Waals surface area contributed by atoms with E-state index in [1.807, 2.05) is 24.3 Å². The van der Waals surface area contributed by atoms with Gasteiger partial charge in [-0.3, -0.25) is 0 Å². The molecule has 1 aromatic carbocycles. The van der Waals surface area contributed by atoms with Gasteiger partial charge in [0.05, 0.1) is 0 Å². The van der Waals surface area contributed by atoms with Gasteiger partial charge in [-0.1, -0.05) is 28.1 Å². The Morgan fingerprint density at radius 3 is 2.58 bits per heavy atom. The Hall–Kier alpha value is -1.73. The molecule has 2 rings (SSSR count). The molecule has 19 heavy (non-hydrogen) atoms. The van der Waals surface area contributed by atoms with Crippen molar-refractivity contribution < 1.29 is 8.78 Å². The van der Waals surface area contributed by atoms with Gasteiger partial charge in [0.2, 0.25) is 0 Å². The summed E-state index contributed by atoms with van der Waals surface area (Å²) in [4.78, 5) is 3.72. The molecule has 2 aromatic rings. The Kier molecular flexibility index (Phi) is 4.28. The van der Waals surface area contributed by atoms with Gasteiger partial charge < -0.3 is 10.7 Å². The van der Waals surface area contributed by atoms with Gasteiger partial charge in [-0.15, -0.1) is 0 Å². The van der Waals surface area contributed by atoms with Crippen molar-refractivity contribution >= 4 is 27.6 Å². The smallest absolute Gasteiger partial charge is 0.178 e. The van der Waals surface area contributed by atoms with Gasteiger partial charge in [0.15, 0.2) is 23.3 Å². The van der Waals surface area contributed by atoms with E-state index in [0.717, 1.165) is 16.1 Å². The lowest BCUT2D eigenvalue weighted by molar-refractivity contribution is 0.578. The summed E-state index contributed by atoms with van der Waals surface area (Å²) in [5, 5.41) is 2.79. The molecule has 0 spiro atoms. The molecular formula is C12H11BrF2N4. The van der Waals surface area contributed by atoms with Gasteiger partial charge in [-0.25, -0.2) is 19.6 Å². The van der Waals surface area contributed by atoms with Crippen molar-refractivity contribution in [1.29, 1.82) is 0 Å². The van der Waals surface area contributed by atoms with Crippen molar-refractivity contribution in [2.24, 2.45) is 5.84 Å². The van der Waals surface area contributed by atoms with Crippen LogP contribution in [-0.4, -0.2) is 4.98 Å². The molecule has 0 amide bonds. The van der Waals surface area contributed by atoms with Crippen molar-refractivity contribution in [1.82, 2.24) is 4.98 Å². The summed E-state index contributed by atoms with van der Waals surface area (Å²) < 4.78 is 27.6. The number of halogens is 3. The van der Waals surface area contributed by atoms with Crippen molar-refractivity contribution in [3.63, 3.8) is 0 Å². The number of nitrogens with one attached hydrogen (secondary N) is 2. The quantitative estimate of drug-likeness (QED) is 0.596. The van der Waals surface area contributed by atoms with Crippen LogP contribution in [0.25, 0.3) is 0 Å². The summed E-state index contributed by atoms with van der Waals surface area (Å²) in [6, 6.07) is 8.24. The summed E-state index contributed by atoms with van der Waals surface area (Å²) in [7, 11) is 0. The van der Waals surface area contributed by atoms with E-state index in [4.69, 9.17) is 5.84 Å². The summed E-state index contributed by atoms with van der Waals surface area (Å²) in [5.41, 5.74) is 3.00. The third kappa shape index (κ3) is 3.39. The highest BCUT2D eigenvalue weighted by molar-refractivity contribution is 9.10. The minimum Gasteiger partial charge on any atom is -0.363 e. The lowest BCUT2D eigenvalue weighted by atomic mass is 10.2. The second-order valence-electron chi connectivity index (χ2n) is 3.78. The van der Waals surface area contributed by atoms with Crippen LogP contribution in [0.3, 0.4) is 0 Å². The van der Waals surface area contributed by atoms with Gasteiger partial charge in [0, 0.05) is 17.1 Å². The van der Waals surface area contributed by atoms with Crippen molar-refractivity contribution in [3.05, 3.63) is 52.0 Å². The molecule has 0 aliphatic heterocycles. The number of nitrogens with two attached hydrogens (primary N) is 1. The number of rotatable bonds is 4. The molecule has 0 radical (unpaired) electrons. The van der Waals surface area contributed by atoms with E-state index >= 15 is 0 Å². The topological polar surface area (TPSA) is 63.0 Å². The Balaban J connectivity index is 2.15. The van der Waals surface area contributed by atoms with Crippen LogP contribution >= 0.6 is 15.9 Å². The molecule has 0 aliphatic carbocycles. The maximum Gasteiger partial charge on any atom is 0.178 e. The molecule has 4 nitrogen and oxygen atoms in total. The number of hydrogen-bond donors (Lipinski definition) is 3. The van der Waals surface area contributed by atoms with Crippen LogP contribution in [0, 0.1) is 11.6 Å². The number of nitrogens with zero attached hydrogens (tertiary/aromatic N) is 1. The van der Waals surface area contributed by atoms with Gasteiger partial charge in [0.25, 0.3) is 0 Å². The fourth-order valence-corrected chi connectivity index (χ4v) is 1.97. The predicted molar refractivity (Wildman–Crippen MR) is 73.4 cm³/mol. The van der Waals surface area contributed by atoms with Crippen molar-refractivity contribution in [2.45, 2.75) is 6.54 Å². The van der Waals surface area contributed by atoms with Crippen LogP contribution in [-0.2, 0) is 6.54 Å². The molecule has 0 bridgehead atoms. The molecule has 0 unspecified atom stereocenters. The zero-order valence-electron chi connectivity index (χ0n) is 9.75. The van der Waals surface area contributed by atoms with E-state index < -0.39 is 11.6 Å². The first-order chi connectivity index (χ1) is 9.10. The first kappa shape index (κ1) is 13.7. The average Bonchev–Trinajstić information content (AvgIpc) is 2.38. The summed E-state index contributed by atoms with van der Waals surface area (Å²) in [6.45, 7) is 0.360. The first-order valence-corrected chi connectivity index (χ1v) is 6.20. The van der Waals surface area contributed by atoms with Crippen LogP contribution in [0.5, 0.6) is 0 Å². The Morgan fingerprint density at radius 2 is 1.89 bits per heavy atom. The second-order valence-corrected chi connectivity index (χ2v) is 4.69. The van der Waals surface area contributed by atoms with Crippen molar-refractivity contribution in [2.75, 3.05) is 10.7 Å². The Labute approximate surface area is 117 Å². The largest absolute Gasteiger partial charge is 0.363 e. The second kappa shape index (κ2) is 5.94. The third-order valence-electron chi connectivity index (χ3n) is 2.42. The summed E-state index contributed by atoms with van der Waals surface area (Å²) in [6.07, 6.45) is 0. The molecule has 1 heterocycles. The lowest BCUT2D eigenvalue weighted by Gasteiger charge is -2.09. The van der Waals surface area contributed by atoms with Crippen LogP contribution in [0.4, 0.5) is 20.4 Å². The number of pyridine rings is 1. The zero-order valence-corrected chi connectivity index (χ0v) is 11.3. The first-order valence-electron chi connectivity index (χ1n) is 5.41. The van der Waals surface area contributed by atoms with Crippen LogP contribution in [0.2, 0.25) is 0 Å². The van der Waals surface area contributed by atoms with Gasteiger partial charge in [-0.2, -0.15) is 0 Å². The zero-order chi connectivity index (χ0) is 13.8. The van der Waals surface area contributed by atoms with E-state index in [1.54, 1.807) is 0 Å². The number of nitrogen functional groups attached to an aromatic ring is 1. The van der Waals surface area contributed by atoms with Gasteiger partial charge in [-0.05, 0) is 17.7 Å². The van der Waals surface area contributed by atoms with E-state index in [-0.39, 0.29) is 11.6 Å². The Bertz CT molecular complexity index is 592. The third-order valence-corrected chi connectivity index (χ3v) is 2.91. The molecule has 7 heteroatoms. The molecule has 0 saturated carbocycles. The minimum absolute atomic E-state index is 0.0608. The monoisotopic (exact) mass is 328 g/mol. The fraction of sp³-hybridized carbons (Fsp3) is 0.0833. The maximum absolute atomic E-state index is 13.5. The predicted octanol–water partition coefficient (Wildman–Crippen LogP) is 3.02. The minimum atomic E-state index is -0.840. The number of anilines is 2. The molecule has 0 atom stereocenters. The number of benzene rings is 1. The normalized spacial score (nSPS) is 10.3. The van der Waals surface area contributed by atoms with E-state index in [0.29, 0.717) is 6.54 Å². The maximum atomic E-state index is 13.5. The standard InChI is InChI=1S/C12H11BrF2N4/c13-8-3-1-2-7(4-8)6-17-11-9(14)5-10(15)12(18-11)19-16/h1-5H,6,16H2,(H2,17,18,19).